The normalized spacial score (nSPS) is 18.9. The molecule has 2 atom stereocenters. The van der Waals surface area contributed by atoms with Gasteiger partial charge in [-0.3, -0.25) is 4.79 Å². The van der Waals surface area contributed by atoms with E-state index < -0.39 is 0 Å². The van der Waals surface area contributed by atoms with Gasteiger partial charge in [-0.15, -0.1) is 0 Å². The lowest BCUT2D eigenvalue weighted by Crippen LogP contribution is -2.48. The zero-order valence-electron chi connectivity index (χ0n) is 18.6. The van der Waals surface area contributed by atoms with E-state index in [0.717, 1.165) is 32.4 Å². The monoisotopic (exact) mass is 480 g/mol. The number of hydrogen-bond acceptors (Lipinski definition) is 2. The third-order valence-corrected chi connectivity index (χ3v) is 6.31. The minimum absolute atomic E-state index is 0.0338. The number of amides is 1. The molecule has 0 N–H and O–H groups in total. The van der Waals surface area contributed by atoms with Crippen LogP contribution in [0, 0.1) is 13.8 Å². The van der Waals surface area contributed by atoms with Gasteiger partial charge in [-0.05, 0) is 56.5 Å². The lowest BCUT2D eigenvalue weighted by molar-refractivity contribution is -0.0588. The Bertz CT molecular complexity index is 1060. The van der Waals surface area contributed by atoms with Crippen LogP contribution >= 0.6 is 15.9 Å². The molecule has 4 nitrogen and oxygen atoms in total. The van der Waals surface area contributed by atoms with Crippen molar-refractivity contribution in [3.05, 3.63) is 81.6 Å². The fraction of sp³-hybridized carbons (Fsp3) is 0.346. The van der Waals surface area contributed by atoms with Crippen molar-refractivity contribution < 1.29 is 9.53 Å². The molecule has 1 aromatic heterocycles. The van der Waals surface area contributed by atoms with E-state index in [4.69, 9.17) is 4.74 Å². The summed E-state index contributed by atoms with van der Waals surface area (Å²) >= 11 is 3.50. The fourth-order valence-corrected chi connectivity index (χ4v) is 4.68. The van der Waals surface area contributed by atoms with Gasteiger partial charge in [-0.1, -0.05) is 57.9 Å². The summed E-state index contributed by atoms with van der Waals surface area (Å²) < 4.78 is 9.03. The molecule has 0 aliphatic carbocycles. The van der Waals surface area contributed by atoms with Crippen LogP contribution in [0.2, 0.25) is 0 Å². The maximum Gasteiger partial charge on any atom is 0.271 e. The average Bonchev–Trinajstić information content (AvgIpc) is 3.04. The van der Waals surface area contributed by atoms with Gasteiger partial charge in [-0.2, -0.15) is 0 Å². The molecule has 0 bridgehead atoms. The first-order valence-electron chi connectivity index (χ1n) is 10.8. The molecular formula is C26H29BrN2O2. The molecule has 5 heteroatoms. The molecule has 1 saturated heterocycles. The summed E-state index contributed by atoms with van der Waals surface area (Å²) in [6.45, 7) is 10.1. The van der Waals surface area contributed by atoms with Crippen molar-refractivity contribution in [2.24, 2.45) is 0 Å². The van der Waals surface area contributed by atoms with Gasteiger partial charge in [0, 0.05) is 35.9 Å². The summed E-state index contributed by atoms with van der Waals surface area (Å²) in [6, 6.07) is 16.7. The first-order chi connectivity index (χ1) is 14.8. The molecule has 162 valence electrons. The number of aryl methyl sites for hydroxylation is 2. The Kier molecular flexibility index (Phi) is 6.35. The summed E-state index contributed by atoms with van der Waals surface area (Å²) in [4.78, 5) is 15.8. The molecule has 3 aromatic rings. The Morgan fingerprint density at radius 1 is 1.00 bits per heavy atom. The van der Waals surface area contributed by atoms with Gasteiger partial charge in [0.2, 0.25) is 0 Å². The molecule has 2 heterocycles. The maximum absolute atomic E-state index is 13.9. The van der Waals surface area contributed by atoms with Crippen LogP contribution in [0.1, 0.15) is 41.0 Å². The van der Waals surface area contributed by atoms with E-state index in [0.29, 0.717) is 19.6 Å². The number of ether oxygens (including phenoxy) is 1. The van der Waals surface area contributed by atoms with Crippen molar-refractivity contribution in [3.63, 3.8) is 0 Å². The number of carbonyl (C=O) groups is 1. The van der Waals surface area contributed by atoms with Crippen LogP contribution in [0.3, 0.4) is 0 Å². The number of rotatable bonds is 4. The molecule has 1 fully saturated rings. The molecule has 1 aliphatic heterocycles. The van der Waals surface area contributed by atoms with Gasteiger partial charge in [0.1, 0.15) is 5.69 Å². The highest BCUT2D eigenvalue weighted by molar-refractivity contribution is 9.10. The van der Waals surface area contributed by atoms with Crippen molar-refractivity contribution in [3.8, 4) is 11.1 Å². The van der Waals surface area contributed by atoms with Crippen molar-refractivity contribution in [1.82, 2.24) is 9.47 Å². The first kappa shape index (κ1) is 21.8. The molecule has 1 aliphatic rings. The SMILES string of the molecule is Cc1ccc(-c2c(C)cn(Cc3ccc(Br)cc3)c2C(=O)N2CC(C)OC(C)C2)cc1. The van der Waals surface area contributed by atoms with E-state index in [1.165, 1.54) is 5.56 Å². The Morgan fingerprint density at radius 3 is 2.23 bits per heavy atom. The molecule has 4 rings (SSSR count). The number of nitrogens with zero attached hydrogens (tertiary/aromatic N) is 2. The third kappa shape index (κ3) is 4.78. The maximum atomic E-state index is 13.9. The summed E-state index contributed by atoms with van der Waals surface area (Å²) in [5.41, 5.74) is 6.33. The van der Waals surface area contributed by atoms with E-state index >= 15 is 0 Å². The van der Waals surface area contributed by atoms with Gasteiger partial charge in [0.25, 0.3) is 5.91 Å². The van der Waals surface area contributed by atoms with Crippen LogP contribution in [0.15, 0.2) is 59.2 Å². The van der Waals surface area contributed by atoms with Crippen LogP contribution in [0.5, 0.6) is 0 Å². The van der Waals surface area contributed by atoms with Crippen molar-refractivity contribution in [2.75, 3.05) is 13.1 Å². The first-order valence-corrected chi connectivity index (χ1v) is 11.6. The van der Waals surface area contributed by atoms with Crippen LogP contribution in [-0.2, 0) is 11.3 Å². The smallest absolute Gasteiger partial charge is 0.271 e. The Morgan fingerprint density at radius 2 is 1.61 bits per heavy atom. The van der Waals surface area contributed by atoms with Gasteiger partial charge in [0.15, 0.2) is 0 Å². The van der Waals surface area contributed by atoms with Crippen molar-refractivity contribution >= 4 is 21.8 Å². The van der Waals surface area contributed by atoms with Crippen LogP contribution in [-0.4, -0.2) is 40.7 Å². The van der Waals surface area contributed by atoms with E-state index in [9.17, 15) is 4.79 Å². The molecule has 0 radical (unpaired) electrons. The third-order valence-electron chi connectivity index (χ3n) is 5.78. The molecule has 2 unspecified atom stereocenters. The lowest BCUT2D eigenvalue weighted by Gasteiger charge is -2.35. The Balaban J connectivity index is 1.79. The quantitative estimate of drug-likeness (QED) is 0.470. The molecule has 1 amide bonds. The second-order valence-electron chi connectivity index (χ2n) is 8.62. The van der Waals surface area contributed by atoms with Gasteiger partial charge in [-0.25, -0.2) is 0 Å². The largest absolute Gasteiger partial charge is 0.372 e. The minimum atomic E-state index is 0.0338. The van der Waals surface area contributed by atoms with Crippen molar-refractivity contribution in [2.45, 2.75) is 46.4 Å². The number of carbonyl (C=O) groups excluding carboxylic acids is 1. The number of morpholine rings is 1. The summed E-state index contributed by atoms with van der Waals surface area (Å²) in [5, 5.41) is 0. The number of aromatic nitrogens is 1. The lowest BCUT2D eigenvalue weighted by atomic mass is 10.00. The Labute approximate surface area is 193 Å². The van der Waals surface area contributed by atoms with Gasteiger partial charge < -0.3 is 14.2 Å². The second-order valence-corrected chi connectivity index (χ2v) is 9.54. The van der Waals surface area contributed by atoms with Crippen molar-refractivity contribution in [1.29, 1.82) is 0 Å². The number of benzene rings is 2. The molecule has 2 aromatic carbocycles. The van der Waals surface area contributed by atoms with Crippen LogP contribution < -0.4 is 0 Å². The minimum Gasteiger partial charge on any atom is -0.372 e. The molecule has 31 heavy (non-hydrogen) atoms. The standard InChI is InChI=1S/C26H29BrN2O2/c1-17-5-9-22(10-6-17)24-18(2)13-28(16-21-7-11-23(27)12-8-21)25(24)26(30)29-14-19(3)31-20(4)15-29/h5-13,19-20H,14-16H2,1-4H3. The second kappa shape index (κ2) is 9.01. The highest BCUT2D eigenvalue weighted by Gasteiger charge is 2.31. The van der Waals surface area contributed by atoms with E-state index in [1.54, 1.807) is 0 Å². The van der Waals surface area contributed by atoms with Gasteiger partial charge >= 0.3 is 0 Å². The molecular weight excluding hydrogens is 452 g/mol. The topological polar surface area (TPSA) is 34.5 Å². The van der Waals surface area contributed by atoms with Crippen LogP contribution in [0.25, 0.3) is 11.1 Å². The number of halogens is 1. The van der Waals surface area contributed by atoms with E-state index in [1.807, 2.05) is 30.9 Å². The molecule has 0 saturated carbocycles. The van der Waals surface area contributed by atoms with Crippen LogP contribution in [0.4, 0.5) is 0 Å². The molecule has 0 spiro atoms. The summed E-state index contributed by atoms with van der Waals surface area (Å²) in [6.07, 6.45) is 2.18. The predicted molar refractivity (Wildman–Crippen MR) is 128 cm³/mol. The van der Waals surface area contributed by atoms with Gasteiger partial charge in [0.05, 0.1) is 12.2 Å². The summed E-state index contributed by atoms with van der Waals surface area (Å²) in [5.74, 6) is 0.0720. The Hall–Kier alpha value is -2.37. The average molecular weight is 481 g/mol. The van der Waals surface area contributed by atoms with E-state index in [-0.39, 0.29) is 18.1 Å². The highest BCUT2D eigenvalue weighted by atomic mass is 79.9. The summed E-state index contributed by atoms with van der Waals surface area (Å²) in [7, 11) is 0. The number of hydrogen-bond donors (Lipinski definition) is 0. The zero-order valence-corrected chi connectivity index (χ0v) is 20.1. The zero-order chi connectivity index (χ0) is 22.1. The fourth-order valence-electron chi connectivity index (χ4n) is 4.41. The highest BCUT2D eigenvalue weighted by Crippen LogP contribution is 2.32. The van der Waals surface area contributed by atoms with E-state index in [2.05, 4.69) is 76.9 Å². The predicted octanol–water partition coefficient (Wildman–Crippen LogP) is 5.83.